The summed E-state index contributed by atoms with van der Waals surface area (Å²) in [6.07, 6.45) is 4.36. The molecule has 1 aromatic heterocycles. The van der Waals surface area contributed by atoms with Crippen molar-refractivity contribution in [1.29, 1.82) is 0 Å². The van der Waals surface area contributed by atoms with Crippen LogP contribution in [0.3, 0.4) is 0 Å². The maximum absolute atomic E-state index is 11.8. The minimum Gasteiger partial charge on any atom is -0.419 e. The molecule has 1 unspecified atom stereocenters. The van der Waals surface area contributed by atoms with Crippen LogP contribution in [-0.2, 0) is 11.2 Å². The zero-order valence-corrected chi connectivity index (χ0v) is 15.3. The van der Waals surface area contributed by atoms with Gasteiger partial charge < -0.3 is 9.64 Å². The fraction of sp³-hybridized carbons (Fsp3) is 0.273. The van der Waals surface area contributed by atoms with Gasteiger partial charge in [0.2, 0.25) is 0 Å². The van der Waals surface area contributed by atoms with Crippen LogP contribution in [0.2, 0.25) is 0 Å². The first-order valence-electron chi connectivity index (χ1n) is 8.85. The van der Waals surface area contributed by atoms with Crippen LogP contribution in [-0.4, -0.2) is 29.6 Å². The van der Waals surface area contributed by atoms with E-state index in [1.165, 1.54) is 22.3 Å². The Morgan fingerprint density at radius 3 is 2.81 bits per heavy atom. The van der Waals surface area contributed by atoms with Gasteiger partial charge in [-0.05, 0) is 41.7 Å². The van der Waals surface area contributed by atoms with Gasteiger partial charge in [0.05, 0.1) is 6.26 Å². The number of carbonyl (C=O) groups is 1. The molecule has 0 fully saturated rings. The maximum Gasteiger partial charge on any atom is 0.414 e. The Kier molecular flexibility index (Phi) is 5.52. The summed E-state index contributed by atoms with van der Waals surface area (Å²) in [6, 6.07) is 14.6. The molecule has 1 heterocycles. The van der Waals surface area contributed by atoms with Gasteiger partial charge in [-0.15, -0.1) is 0 Å². The average molecular weight is 348 g/mol. The van der Waals surface area contributed by atoms with Gasteiger partial charge in [-0.25, -0.2) is 4.79 Å². The fourth-order valence-corrected chi connectivity index (χ4v) is 3.55. The van der Waals surface area contributed by atoms with Gasteiger partial charge in [0, 0.05) is 31.4 Å². The van der Waals surface area contributed by atoms with Crippen LogP contribution in [0.1, 0.15) is 36.1 Å². The Morgan fingerprint density at radius 1 is 1.31 bits per heavy atom. The van der Waals surface area contributed by atoms with E-state index in [2.05, 4.69) is 48.8 Å². The third-order valence-electron chi connectivity index (χ3n) is 4.90. The van der Waals surface area contributed by atoms with Gasteiger partial charge >= 0.3 is 6.09 Å². The van der Waals surface area contributed by atoms with Gasteiger partial charge in [-0.1, -0.05) is 49.4 Å². The molecule has 1 aromatic carbocycles. The van der Waals surface area contributed by atoms with Crippen molar-refractivity contribution in [2.45, 2.75) is 25.7 Å². The predicted octanol–water partition coefficient (Wildman–Crippen LogP) is 4.80. The lowest BCUT2D eigenvalue weighted by Gasteiger charge is -2.19. The quantitative estimate of drug-likeness (QED) is 0.705. The molecule has 0 radical (unpaired) electrons. The zero-order chi connectivity index (χ0) is 18.5. The Labute approximate surface area is 154 Å². The third kappa shape index (κ3) is 3.69. The molecule has 0 spiro atoms. The molecule has 134 valence electrons. The molecule has 1 aliphatic rings. The Bertz CT molecular complexity index is 827. The number of hydrogen-bond donors (Lipinski definition) is 0. The second-order valence-electron chi connectivity index (χ2n) is 6.55. The van der Waals surface area contributed by atoms with Gasteiger partial charge in [0.1, 0.15) is 0 Å². The van der Waals surface area contributed by atoms with E-state index in [4.69, 9.17) is 4.74 Å². The highest BCUT2D eigenvalue weighted by Crippen LogP contribution is 2.42. The Hall–Kier alpha value is -2.88. The number of hydrogen-bond acceptors (Lipinski definition) is 3. The number of benzene rings is 1. The van der Waals surface area contributed by atoms with Crippen molar-refractivity contribution in [2.75, 3.05) is 13.6 Å². The second-order valence-corrected chi connectivity index (χ2v) is 6.55. The Morgan fingerprint density at radius 2 is 2.08 bits per heavy atom. The highest BCUT2D eigenvalue weighted by Gasteiger charge is 2.26. The van der Waals surface area contributed by atoms with E-state index >= 15 is 0 Å². The molecule has 1 amide bonds. The highest BCUT2D eigenvalue weighted by molar-refractivity contribution is 5.80. The summed E-state index contributed by atoms with van der Waals surface area (Å²) in [5.41, 5.74) is 6.41. The average Bonchev–Trinajstić information content (AvgIpc) is 3.04. The number of ether oxygens (including phenoxy) is 1. The number of fused-ring (bicyclic) bond motifs is 1. The number of aromatic nitrogens is 1. The smallest absolute Gasteiger partial charge is 0.414 e. The summed E-state index contributed by atoms with van der Waals surface area (Å²) in [5.74, 6) is 0.209. The molecule has 0 saturated carbocycles. The molecule has 1 aliphatic carbocycles. The summed E-state index contributed by atoms with van der Waals surface area (Å²) in [6.45, 7) is 6.24. The first-order chi connectivity index (χ1) is 12.6. The van der Waals surface area contributed by atoms with E-state index in [0.29, 0.717) is 6.54 Å². The lowest BCUT2D eigenvalue weighted by Crippen LogP contribution is -2.27. The van der Waals surface area contributed by atoms with Crippen LogP contribution in [0.5, 0.6) is 0 Å². The van der Waals surface area contributed by atoms with Crippen molar-refractivity contribution in [3.8, 4) is 0 Å². The topological polar surface area (TPSA) is 42.4 Å². The molecule has 4 nitrogen and oxygen atoms in total. The van der Waals surface area contributed by atoms with Crippen LogP contribution in [0, 0.1) is 0 Å². The minimum absolute atomic E-state index is 0.209. The van der Waals surface area contributed by atoms with Gasteiger partial charge in [0.15, 0.2) is 0 Å². The minimum atomic E-state index is -0.379. The fourth-order valence-electron chi connectivity index (χ4n) is 3.55. The van der Waals surface area contributed by atoms with Gasteiger partial charge in [0.25, 0.3) is 0 Å². The molecule has 4 heteroatoms. The van der Waals surface area contributed by atoms with Crippen molar-refractivity contribution in [3.05, 3.63) is 83.9 Å². The van der Waals surface area contributed by atoms with E-state index in [1.807, 2.05) is 18.3 Å². The van der Waals surface area contributed by atoms with E-state index in [0.717, 1.165) is 24.8 Å². The summed E-state index contributed by atoms with van der Waals surface area (Å²) < 4.78 is 4.85. The molecule has 1 atom stereocenters. The van der Waals surface area contributed by atoms with E-state index in [9.17, 15) is 4.79 Å². The van der Waals surface area contributed by atoms with E-state index in [1.54, 1.807) is 11.9 Å². The molecule has 26 heavy (non-hydrogen) atoms. The van der Waals surface area contributed by atoms with E-state index < -0.39 is 0 Å². The van der Waals surface area contributed by atoms with Crippen LogP contribution in [0.4, 0.5) is 4.79 Å². The van der Waals surface area contributed by atoms with Crippen molar-refractivity contribution < 1.29 is 9.53 Å². The Balaban J connectivity index is 1.87. The van der Waals surface area contributed by atoms with Crippen molar-refractivity contribution in [1.82, 2.24) is 9.88 Å². The van der Waals surface area contributed by atoms with Crippen LogP contribution < -0.4 is 0 Å². The molecule has 3 rings (SSSR count). The number of nitrogens with zero attached hydrogens (tertiary/aromatic N) is 2. The SMILES string of the molecule is C=COC(=O)N(C)CCC1=C(C(C)c2ccccn2)c2ccccc2C1. The summed E-state index contributed by atoms with van der Waals surface area (Å²) in [4.78, 5) is 17.9. The predicted molar refractivity (Wildman–Crippen MR) is 104 cm³/mol. The van der Waals surface area contributed by atoms with E-state index in [-0.39, 0.29) is 12.0 Å². The second kappa shape index (κ2) is 8.00. The van der Waals surface area contributed by atoms with Crippen LogP contribution in [0.15, 0.2) is 67.1 Å². The third-order valence-corrected chi connectivity index (χ3v) is 4.90. The number of carbonyl (C=O) groups excluding carboxylic acids is 1. The largest absolute Gasteiger partial charge is 0.419 e. The lowest BCUT2D eigenvalue weighted by atomic mass is 9.89. The number of rotatable bonds is 6. The molecular formula is C22H24N2O2. The summed E-state index contributed by atoms with van der Waals surface area (Å²) in [5, 5.41) is 0. The number of amides is 1. The van der Waals surface area contributed by atoms with Gasteiger partial charge in [-0.3, -0.25) is 4.98 Å². The standard InChI is InChI=1S/C22H24N2O2/c1-4-26-22(25)24(3)14-12-18-15-17-9-5-6-10-19(17)21(18)16(2)20-11-7-8-13-23-20/h4-11,13,16H,1,12,14-15H2,2-3H3. The molecule has 2 aromatic rings. The molecule has 0 aliphatic heterocycles. The molecule has 0 bridgehead atoms. The molecule has 0 N–H and O–H groups in total. The first-order valence-corrected chi connectivity index (χ1v) is 8.85. The normalized spacial score (nSPS) is 13.9. The van der Waals surface area contributed by atoms with Crippen molar-refractivity contribution in [3.63, 3.8) is 0 Å². The number of allylic oxidation sites excluding steroid dienone is 1. The molecule has 0 saturated heterocycles. The lowest BCUT2D eigenvalue weighted by molar-refractivity contribution is 0.148. The zero-order valence-electron chi connectivity index (χ0n) is 15.3. The van der Waals surface area contributed by atoms with Gasteiger partial charge in [-0.2, -0.15) is 0 Å². The number of pyridine rings is 1. The summed E-state index contributed by atoms with van der Waals surface area (Å²) >= 11 is 0. The van der Waals surface area contributed by atoms with Crippen LogP contribution >= 0.6 is 0 Å². The molecular weight excluding hydrogens is 324 g/mol. The summed E-state index contributed by atoms with van der Waals surface area (Å²) in [7, 11) is 1.75. The van der Waals surface area contributed by atoms with Crippen LogP contribution in [0.25, 0.3) is 5.57 Å². The highest BCUT2D eigenvalue weighted by atomic mass is 16.5. The maximum atomic E-state index is 11.8. The first kappa shape index (κ1) is 17.9. The van der Waals surface area contributed by atoms with Crippen molar-refractivity contribution >= 4 is 11.7 Å². The monoisotopic (exact) mass is 348 g/mol. The van der Waals surface area contributed by atoms with Crippen molar-refractivity contribution in [2.24, 2.45) is 0 Å².